The number of rotatable bonds is 5. The van der Waals surface area contributed by atoms with Gasteiger partial charge in [-0.15, -0.1) is 11.3 Å². The Balaban J connectivity index is 1.07. The van der Waals surface area contributed by atoms with Crippen molar-refractivity contribution in [3.8, 4) is 55.6 Å². The van der Waals surface area contributed by atoms with Gasteiger partial charge in [-0.3, -0.25) is 0 Å². The zero-order chi connectivity index (χ0) is 43.7. The maximum absolute atomic E-state index is 2.59. The van der Waals surface area contributed by atoms with Crippen LogP contribution in [-0.2, 0) is 10.8 Å². The van der Waals surface area contributed by atoms with Crippen LogP contribution in [0.2, 0.25) is 0 Å². The number of thiophene rings is 1. The molecule has 0 fully saturated rings. The van der Waals surface area contributed by atoms with Crippen molar-refractivity contribution in [1.29, 1.82) is 0 Å². The number of fused-ring (bicyclic) bond motifs is 16. The van der Waals surface area contributed by atoms with Gasteiger partial charge in [0.2, 0.25) is 0 Å². The average molecular weight is 858 g/mol. The van der Waals surface area contributed by atoms with Crippen molar-refractivity contribution >= 4 is 48.6 Å². The van der Waals surface area contributed by atoms with Crippen LogP contribution in [0.4, 0.5) is 17.1 Å². The summed E-state index contributed by atoms with van der Waals surface area (Å²) in [6.45, 7) is 4.78. The van der Waals surface area contributed by atoms with E-state index in [9.17, 15) is 0 Å². The second kappa shape index (κ2) is 13.9. The molecule has 0 atom stereocenters. The molecular weight excluding hydrogens is 815 g/mol. The third kappa shape index (κ3) is 5.00. The van der Waals surface area contributed by atoms with E-state index in [1.165, 1.54) is 115 Å². The fraction of sp³-hybridized carbons (Fsp3) is 0.0625. The minimum Gasteiger partial charge on any atom is -0.309 e. The second-order valence-electron chi connectivity index (χ2n) is 18.7. The fourth-order valence-corrected chi connectivity index (χ4v) is 13.5. The third-order valence-corrected chi connectivity index (χ3v) is 16.3. The molecule has 14 rings (SSSR count). The molecule has 1 nitrogen and oxygen atoms in total. The molecule has 66 heavy (non-hydrogen) atoms. The molecule has 1 heterocycles. The zero-order valence-corrected chi connectivity index (χ0v) is 37.5. The lowest BCUT2D eigenvalue weighted by molar-refractivity contribution is 0.660. The van der Waals surface area contributed by atoms with Crippen LogP contribution in [0.25, 0.3) is 75.8 Å². The molecule has 0 bridgehead atoms. The first-order chi connectivity index (χ1) is 32.5. The molecule has 0 amide bonds. The first-order valence-corrected chi connectivity index (χ1v) is 23.9. The number of nitrogens with zero attached hydrogens (tertiary/aromatic N) is 1. The van der Waals surface area contributed by atoms with E-state index in [0.29, 0.717) is 0 Å². The highest BCUT2D eigenvalue weighted by atomic mass is 32.1. The molecule has 3 aliphatic rings. The molecule has 1 spiro atoms. The van der Waals surface area contributed by atoms with Crippen molar-refractivity contribution in [1.82, 2.24) is 0 Å². The first kappa shape index (κ1) is 37.6. The Morgan fingerprint density at radius 2 is 0.909 bits per heavy atom. The molecule has 10 aromatic carbocycles. The van der Waals surface area contributed by atoms with E-state index >= 15 is 0 Å². The standard InChI is InChI=1S/C64H43NS/c1-63(2)52-27-11-6-20-44(52)47-36-35-42(39-57(47)63)65(58-37-34-41(38-51(58)40-18-4-3-5-19-40)43-25-16-26-49-48-23-10-15-33-60(48)66-62(43)49)59-32-17-31-56-61(59)50-24-9-14-30-55(50)64(56)53-28-12-7-21-45(53)46-22-8-13-29-54(46)64/h3-39H,1-2H3. The summed E-state index contributed by atoms with van der Waals surface area (Å²) in [5.41, 5.74) is 23.6. The van der Waals surface area contributed by atoms with Crippen LogP contribution in [-0.4, -0.2) is 0 Å². The van der Waals surface area contributed by atoms with Gasteiger partial charge in [0, 0.05) is 42.4 Å². The largest absolute Gasteiger partial charge is 0.309 e. The minimum absolute atomic E-state index is 0.171. The van der Waals surface area contributed by atoms with Gasteiger partial charge >= 0.3 is 0 Å². The summed E-state index contributed by atoms with van der Waals surface area (Å²) in [5, 5.41) is 2.62. The average Bonchev–Trinajstić information content (AvgIpc) is 4.07. The molecule has 1 aromatic heterocycles. The summed E-state index contributed by atoms with van der Waals surface area (Å²) in [6, 6.07) is 84.6. The van der Waals surface area contributed by atoms with E-state index in [2.05, 4.69) is 243 Å². The Bertz CT molecular complexity index is 3770. The van der Waals surface area contributed by atoms with Gasteiger partial charge in [-0.1, -0.05) is 202 Å². The summed E-state index contributed by atoms with van der Waals surface area (Å²) >= 11 is 1.89. The van der Waals surface area contributed by atoms with Crippen LogP contribution in [0.1, 0.15) is 47.2 Å². The van der Waals surface area contributed by atoms with E-state index in [1.54, 1.807) is 0 Å². The maximum Gasteiger partial charge on any atom is 0.0726 e. The Labute approximate surface area is 389 Å². The van der Waals surface area contributed by atoms with Gasteiger partial charge in [0.05, 0.1) is 16.8 Å². The van der Waals surface area contributed by atoms with Gasteiger partial charge in [0.1, 0.15) is 0 Å². The van der Waals surface area contributed by atoms with E-state index in [4.69, 9.17) is 0 Å². The number of hydrogen-bond acceptors (Lipinski definition) is 2. The fourth-order valence-electron chi connectivity index (χ4n) is 12.3. The molecule has 3 aliphatic carbocycles. The smallest absolute Gasteiger partial charge is 0.0726 e. The van der Waals surface area contributed by atoms with Crippen LogP contribution >= 0.6 is 11.3 Å². The predicted molar refractivity (Wildman–Crippen MR) is 279 cm³/mol. The van der Waals surface area contributed by atoms with Gasteiger partial charge in [0.15, 0.2) is 0 Å². The van der Waals surface area contributed by atoms with Crippen LogP contribution < -0.4 is 4.90 Å². The van der Waals surface area contributed by atoms with Crippen LogP contribution in [0.5, 0.6) is 0 Å². The van der Waals surface area contributed by atoms with E-state index in [1.807, 2.05) is 11.3 Å². The van der Waals surface area contributed by atoms with Crippen molar-refractivity contribution in [3.63, 3.8) is 0 Å². The number of hydrogen-bond donors (Lipinski definition) is 0. The Morgan fingerprint density at radius 3 is 1.67 bits per heavy atom. The summed E-state index contributed by atoms with van der Waals surface area (Å²) in [7, 11) is 0. The van der Waals surface area contributed by atoms with Crippen molar-refractivity contribution < 1.29 is 0 Å². The normalized spacial score (nSPS) is 14.2. The lowest BCUT2D eigenvalue weighted by atomic mass is 9.70. The highest BCUT2D eigenvalue weighted by Gasteiger charge is 2.52. The van der Waals surface area contributed by atoms with Crippen molar-refractivity contribution in [2.75, 3.05) is 4.90 Å². The lowest BCUT2D eigenvalue weighted by Gasteiger charge is -2.33. The third-order valence-electron chi connectivity index (χ3n) is 15.1. The summed E-state index contributed by atoms with van der Waals surface area (Å²) in [5.74, 6) is 0. The second-order valence-corrected chi connectivity index (χ2v) is 19.8. The van der Waals surface area contributed by atoms with Gasteiger partial charge < -0.3 is 4.90 Å². The van der Waals surface area contributed by atoms with E-state index < -0.39 is 5.41 Å². The Kier molecular flexibility index (Phi) is 7.89. The highest BCUT2D eigenvalue weighted by molar-refractivity contribution is 7.26. The predicted octanol–water partition coefficient (Wildman–Crippen LogP) is 17.5. The maximum atomic E-state index is 2.59. The van der Waals surface area contributed by atoms with Gasteiger partial charge in [-0.05, 0) is 114 Å². The van der Waals surface area contributed by atoms with Crippen LogP contribution in [0.3, 0.4) is 0 Å². The van der Waals surface area contributed by atoms with Gasteiger partial charge in [-0.2, -0.15) is 0 Å². The Hall–Kier alpha value is -7.78. The molecule has 0 radical (unpaired) electrons. The SMILES string of the molecule is CC1(C)c2ccccc2-c2ccc(N(c3ccc(-c4cccc5c4sc4ccccc45)cc3-c3ccccc3)c3cccc4c3-c3ccccc3C43c4ccccc4-c4ccccc43)cc21. The van der Waals surface area contributed by atoms with Crippen LogP contribution in [0.15, 0.2) is 224 Å². The van der Waals surface area contributed by atoms with Crippen LogP contribution in [0, 0.1) is 0 Å². The van der Waals surface area contributed by atoms with E-state index in [-0.39, 0.29) is 5.41 Å². The number of anilines is 3. The van der Waals surface area contributed by atoms with Gasteiger partial charge in [-0.25, -0.2) is 0 Å². The minimum atomic E-state index is -0.461. The highest BCUT2D eigenvalue weighted by Crippen LogP contribution is 2.65. The number of benzene rings is 10. The topological polar surface area (TPSA) is 3.24 Å². The first-order valence-electron chi connectivity index (χ1n) is 23.1. The molecule has 0 saturated heterocycles. The van der Waals surface area contributed by atoms with E-state index in [0.717, 1.165) is 11.4 Å². The van der Waals surface area contributed by atoms with Crippen molar-refractivity contribution in [2.45, 2.75) is 24.7 Å². The molecule has 11 aromatic rings. The zero-order valence-electron chi connectivity index (χ0n) is 36.7. The van der Waals surface area contributed by atoms with Crippen molar-refractivity contribution in [3.05, 3.63) is 258 Å². The van der Waals surface area contributed by atoms with Crippen molar-refractivity contribution in [2.24, 2.45) is 0 Å². The summed E-state index contributed by atoms with van der Waals surface area (Å²) in [4.78, 5) is 2.59. The quantitative estimate of drug-likeness (QED) is 0.167. The molecular formula is C64H43NS. The Morgan fingerprint density at radius 1 is 0.348 bits per heavy atom. The molecule has 0 aliphatic heterocycles. The molecule has 0 saturated carbocycles. The molecule has 310 valence electrons. The lowest BCUT2D eigenvalue weighted by Crippen LogP contribution is -2.26. The molecule has 0 unspecified atom stereocenters. The monoisotopic (exact) mass is 857 g/mol. The van der Waals surface area contributed by atoms with Gasteiger partial charge in [0.25, 0.3) is 0 Å². The summed E-state index contributed by atoms with van der Waals surface area (Å²) < 4.78 is 2.64. The summed E-state index contributed by atoms with van der Waals surface area (Å²) in [6.07, 6.45) is 0. The molecule has 0 N–H and O–H groups in total. The molecule has 2 heteroatoms.